The molecule has 10 aromatic heterocycles. The molecular weight excluding hydrogens is 1730 g/mol. The smallest absolute Gasteiger partial charge is 0.167 e. The Bertz CT molecular complexity index is 10400. The van der Waals surface area contributed by atoms with Gasteiger partial charge in [0.1, 0.15) is 0 Å². The fraction of sp³-hybridized carbons (Fsp3) is 0. The molecule has 0 amide bonds. The van der Waals surface area contributed by atoms with Gasteiger partial charge in [-0.1, -0.05) is 249 Å². The minimum Gasteiger partial charge on any atom is -0.309 e. The van der Waals surface area contributed by atoms with Crippen LogP contribution >= 0.6 is 45.3 Å². The van der Waals surface area contributed by atoms with Gasteiger partial charge in [0.15, 0.2) is 34.9 Å². The molecule has 0 spiro atoms. The molecule has 0 unspecified atom stereocenters. The van der Waals surface area contributed by atoms with Crippen LogP contribution in [0.5, 0.6) is 0 Å². The number of hydrogen-bond donors (Lipinski definition) is 0. The molecule has 0 saturated heterocycles. The predicted molar refractivity (Wildman–Crippen MR) is 575 cm³/mol. The van der Waals surface area contributed by atoms with E-state index in [1.165, 1.54) is 88.8 Å². The topological polar surface area (TPSA) is 97.1 Å². The average Bonchev–Trinajstić information content (AvgIpc) is 1.56. The first-order valence-corrected chi connectivity index (χ1v) is 49.0. The van der Waals surface area contributed by atoms with Crippen molar-refractivity contribution in [3.63, 3.8) is 0 Å². The zero-order valence-corrected chi connectivity index (χ0v) is 75.6. The number of nitrogens with zero attached hydrogens (tertiary/aromatic N) is 10. The molecule has 0 saturated carbocycles. The molecule has 0 fully saturated rings. The highest BCUT2D eigenvalue weighted by Crippen LogP contribution is 2.52. The fourth-order valence-corrected chi connectivity index (χ4v) is 26.5. The second-order valence-electron chi connectivity index (χ2n) is 35.5. The van der Waals surface area contributed by atoms with E-state index in [4.69, 9.17) is 29.9 Å². The summed E-state index contributed by atoms with van der Waals surface area (Å²) in [6.07, 6.45) is 0. The van der Waals surface area contributed by atoms with Crippen molar-refractivity contribution >= 4 is 235 Å². The molecule has 10 nitrogen and oxygen atoms in total. The molecule has 136 heavy (non-hydrogen) atoms. The van der Waals surface area contributed by atoms with Crippen LogP contribution in [0.1, 0.15) is 0 Å². The van der Waals surface area contributed by atoms with Gasteiger partial charge in [-0.05, 0) is 196 Å². The van der Waals surface area contributed by atoms with Gasteiger partial charge in [0.2, 0.25) is 0 Å². The molecule has 0 aliphatic carbocycles. The molecule has 14 heteroatoms. The van der Waals surface area contributed by atoms with Crippen molar-refractivity contribution in [2.24, 2.45) is 0 Å². The number of para-hydroxylation sites is 6. The lowest BCUT2D eigenvalue weighted by molar-refractivity contribution is 1.07. The quantitative estimate of drug-likeness (QED) is 0.128. The summed E-state index contributed by atoms with van der Waals surface area (Å²) in [4.78, 5) is 34.6. The minimum atomic E-state index is 0.578. The summed E-state index contributed by atoms with van der Waals surface area (Å²) >= 11 is 7.22. The van der Waals surface area contributed by atoms with Gasteiger partial charge < -0.3 is 18.3 Å². The van der Waals surface area contributed by atoms with Gasteiger partial charge in [0.25, 0.3) is 0 Å². The zero-order valence-electron chi connectivity index (χ0n) is 72.4. The van der Waals surface area contributed by atoms with Crippen molar-refractivity contribution in [1.82, 2.24) is 48.2 Å². The summed E-state index contributed by atoms with van der Waals surface area (Å²) in [5.74, 6) is 3.51. The molecule has 30 rings (SSSR count). The van der Waals surface area contributed by atoms with E-state index in [1.807, 2.05) is 11.3 Å². The lowest BCUT2D eigenvalue weighted by Gasteiger charge is -2.16. The van der Waals surface area contributed by atoms with Gasteiger partial charge in [-0.3, -0.25) is 0 Å². The van der Waals surface area contributed by atoms with Crippen molar-refractivity contribution in [3.8, 4) is 102 Å². The summed E-state index contributed by atoms with van der Waals surface area (Å²) in [6, 6.07) is 151. The third kappa shape index (κ3) is 11.4. The molecule has 20 aromatic carbocycles. The molecule has 0 radical (unpaired) electrons. The summed E-state index contributed by atoms with van der Waals surface area (Å²) in [5, 5.41) is 23.3. The van der Waals surface area contributed by atoms with Crippen molar-refractivity contribution in [2.45, 2.75) is 0 Å². The Labute approximate surface area is 791 Å². The van der Waals surface area contributed by atoms with Crippen molar-refractivity contribution in [1.29, 1.82) is 0 Å². The molecule has 0 atom stereocenters. The summed E-state index contributed by atoms with van der Waals surface area (Å²) in [7, 11) is 0. The van der Waals surface area contributed by atoms with Crippen molar-refractivity contribution in [2.75, 3.05) is 0 Å². The lowest BCUT2D eigenvalue weighted by atomic mass is 10.00. The van der Waals surface area contributed by atoms with Gasteiger partial charge in [0.05, 0.1) is 66.6 Å². The van der Waals surface area contributed by atoms with Crippen molar-refractivity contribution in [3.05, 3.63) is 413 Å². The summed E-state index contributed by atoms with van der Waals surface area (Å²) < 4.78 is 18.9. The lowest BCUT2D eigenvalue weighted by Crippen LogP contribution is -2.04. The summed E-state index contributed by atoms with van der Waals surface area (Å²) in [6.45, 7) is 0. The predicted octanol–water partition coefficient (Wildman–Crippen LogP) is 33.9. The fourth-order valence-electron chi connectivity index (χ4n) is 21.8. The first-order valence-electron chi connectivity index (χ1n) is 45.7. The van der Waals surface area contributed by atoms with Crippen LogP contribution in [0.2, 0.25) is 0 Å². The average molecular weight is 1800 g/mol. The highest BCUT2D eigenvalue weighted by Gasteiger charge is 2.30. The number of benzene rings is 20. The Kier molecular flexibility index (Phi) is 16.3. The highest BCUT2D eigenvalue weighted by atomic mass is 32.1. The molecule has 0 bridgehead atoms. The Hall–Kier alpha value is -17.0. The van der Waals surface area contributed by atoms with Crippen LogP contribution < -0.4 is 0 Å². The van der Waals surface area contributed by atoms with Gasteiger partial charge in [-0.25, -0.2) is 29.9 Å². The van der Waals surface area contributed by atoms with E-state index < -0.39 is 0 Å². The van der Waals surface area contributed by atoms with E-state index >= 15 is 0 Å². The van der Waals surface area contributed by atoms with Gasteiger partial charge in [-0.2, -0.15) is 0 Å². The van der Waals surface area contributed by atoms with Gasteiger partial charge in [-0.15, -0.1) is 45.3 Å². The first kappa shape index (κ1) is 75.7. The van der Waals surface area contributed by atoms with Crippen LogP contribution in [-0.4, -0.2) is 48.2 Å². The van der Waals surface area contributed by atoms with E-state index in [-0.39, 0.29) is 0 Å². The molecule has 630 valence electrons. The summed E-state index contributed by atoms with van der Waals surface area (Å²) in [5.41, 5.74) is 20.6. The van der Waals surface area contributed by atoms with Crippen LogP contribution in [0.3, 0.4) is 0 Å². The molecular formula is C122H68N10S4. The molecule has 0 N–H and O–H groups in total. The number of rotatable bonds is 11. The number of fused-ring (bicyclic) bond motifs is 26. The second kappa shape index (κ2) is 29.3. The maximum absolute atomic E-state index is 5.87. The third-order valence-corrected chi connectivity index (χ3v) is 32.7. The number of hydrogen-bond acceptors (Lipinski definition) is 10. The standard InChI is InChI=1S/C122H68N10S4/c1-3-27-79(28-4-1)129-98-38-18-12-32-82(98)92-62-75(46-54-101(92)129)117-124-120(128-121(125-117)113-102(55-52-90-86-35-15-22-42-108(86)135-115(90)113)131-99-39-19-13-33-83(99)93-59-69-23-7-9-25-71(69)64-105(93)131)78-45-51-89-88-50-43-74(67-111(88)134-112(89)68-78)73-47-57-110-96(61-73)91-53-56-103(132-100-40-20-14-34-84(100)94-60-70-24-8-10-26-72(70)65-106(94)132)114(116(91)136-110)122-126-118(76-48-58-109-95(63-76)87-36-16-21-41-107(87)133-109)123-119(127-122)77-44-49-85-81-31-11-17-37-97(81)130(104(85)66-77)80-29-5-2-6-30-80/h1-68H. The minimum absolute atomic E-state index is 0.578. The molecule has 30 aromatic rings. The monoisotopic (exact) mass is 1800 g/mol. The number of thiophene rings is 4. The maximum Gasteiger partial charge on any atom is 0.167 e. The van der Waals surface area contributed by atoms with Crippen LogP contribution in [0.4, 0.5) is 0 Å². The number of aromatic nitrogens is 10. The third-order valence-electron chi connectivity index (χ3n) is 28.0. The van der Waals surface area contributed by atoms with Crippen molar-refractivity contribution < 1.29 is 0 Å². The van der Waals surface area contributed by atoms with Crippen LogP contribution in [-0.2, 0) is 0 Å². The van der Waals surface area contributed by atoms with E-state index in [1.54, 1.807) is 34.0 Å². The van der Waals surface area contributed by atoms with Crippen LogP contribution in [0.15, 0.2) is 413 Å². The Morgan fingerprint density at radius 3 is 0.993 bits per heavy atom. The Balaban J connectivity index is 0.601. The zero-order chi connectivity index (χ0) is 88.6. The largest absolute Gasteiger partial charge is 0.309 e. The highest BCUT2D eigenvalue weighted by molar-refractivity contribution is 7.27. The second-order valence-corrected chi connectivity index (χ2v) is 39.8. The van der Waals surface area contributed by atoms with E-state index in [0.29, 0.717) is 34.9 Å². The van der Waals surface area contributed by atoms with Gasteiger partial charge in [0, 0.05) is 157 Å². The first-order chi connectivity index (χ1) is 67.4. The van der Waals surface area contributed by atoms with E-state index in [2.05, 4.69) is 431 Å². The van der Waals surface area contributed by atoms with E-state index in [0.717, 1.165) is 168 Å². The molecule has 0 aliphatic heterocycles. The van der Waals surface area contributed by atoms with Crippen LogP contribution in [0.25, 0.3) is 292 Å². The van der Waals surface area contributed by atoms with Crippen LogP contribution in [0, 0.1) is 0 Å². The SMILES string of the molecule is c1ccc(-n2c3ccccc3c3cc(-c4nc(-c5ccc6c(c5)sc5cc(-c7ccc8sc9c(-c%10nc(-c%11ccc%12sc%13ccccc%13c%12c%11)nc(-c%11ccc%12c%13ccccc%13n(-c%13ccccc%13)c%12c%11)n%10)c(-n%10c%11ccccc%11c%11cc%12ccccc%12cc%11%10)ccc9c8c7)ccc56)nc(-c5c(-n6c7ccccc7c7cc8ccccc8cc76)ccc6c5sc5ccccc56)n4)ccc32)cc1. The maximum atomic E-state index is 5.87. The van der Waals surface area contributed by atoms with E-state index in [9.17, 15) is 0 Å². The Morgan fingerprint density at radius 2 is 0.449 bits per heavy atom. The Morgan fingerprint density at radius 1 is 0.154 bits per heavy atom. The normalized spacial score (nSPS) is 12.3. The van der Waals surface area contributed by atoms with Gasteiger partial charge >= 0.3 is 0 Å². The molecule has 10 heterocycles. The molecule has 0 aliphatic rings.